The van der Waals surface area contributed by atoms with Crippen LogP contribution in [0, 0.1) is 19.7 Å². The zero-order chi connectivity index (χ0) is 29.9. The van der Waals surface area contributed by atoms with Gasteiger partial charge < -0.3 is 24.2 Å². The number of hydrogen-bond acceptors (Lipinski definition) is 5. The summed E-state index contributed by atoms with van der Waals surface area (Å²) in [5.41, 5.74) is 6.31. The van der Waals surface area contributed by atoms with Crippen LogP contribution in [0.4, 0.5) is 10.1 Å². The Labute approximate surface area is 245 Å². The lowest BCUT2D eigenvalue weighted by Crippen LogP contribution is -2.30. The molecule has 3 heterocycles. The molecule has 3 aromatic carbocycles. The van der Waals surface area contributed by atoms with Crippen LogP contribution in [0.5, 0.6) is 11.5 Å². The quantitative estimate of drug-likeness (QED) is 0.375. The number of ether oxygens (including phenoxy) is 3. The largest absolute Gasteiger partial charge is 0.493 e. The minimum atomic E-state index is -1.29. The summed E-state index contributed by atoms with van der Waals surface area (Å²) in [6.07, 6.45) is 1.31. The Balaban J connectivity index is 1.58. The van der Waals surface area contributed by atoms with Crippen molar-refractivity contribution in [3.05, 3.63) is 75.1 Å². The molecule has 0 fully saturated rings. The van der Waals surface area contributed by atoms with E-state index in [1.807, 2.05) is 58.9 Å². The van der Waals surface area contributed by atoms with Crippen molar-refractivity contribution in [2.45, 2.75) is 72.0 Å². The summed E-state index contributed by atoms with van der Waals surface area (Å²) in [6.45, 7) is 10.6. The van der Waals surface area contributed by atoms with E-state index in [4.69, 9.17) is 14.2 Å². The molecule has 220 valence electrons. The van der Waals surface area contributed by atoms with Gasteiger partial charge in [0.05, 0.1) is 18.8 Å². The van der Waals surface area contributed by atoms with E-state index < -0.39 is 23.5 Å². The predicted octanol–water partition coefficient (Wildman–Crippen LogP) is 6.51. The summed E-state index contributed by atoms with van der Waals surface area (Å²) in [7, 11) is 0. The minimum Gasteiger partial charge on any atom is -0.493 e. The number of benzene rings is 3. The number of aryl methyl sites for hydroxylation is 1. The highest BCUT2D eigenvalue weighted by Crippen LogP contribution is 2.48. The number of amides is 1. The van der Waals surface area contributed by atoms with E-state index >= 15 is 4.39 Å². The van der Waals surface area contributed by atoms with E-state index in [-0.39, 0.29) is 11.7 Å². The molecular weight excluding hydrogens is 537 g/mol. The molecule has 6 rings (SSSR count). The van der Waals surface area contributed by atoms with Gasteiger partial charge in [0.15, 0.2) is 17.7 Å². The van der Waals surface area contributed by atoms with Gasteiger partial charge in [-0.05, 0) is 106 Å². The second kappa shape index (κ2) is 10.4. The van der Waals surface area contributed by atoms with E-state index in [1.165, 1.54) is 6.07 Å². The molecule has 8 heteroatoms. The lowest BCUT2D eigenvalue weighted by molar-refractivity contribution is -0.160. The second-order valence-corrected chi connectivity index (χ2v) is 12.3. The number of rotatable bonds is 5. The highest BCUT2D eigenvalue weighted by molar-refractivity contribution is 6.09. The van der Waals surface area contributed by atoms with Gasteiger partial charge >= 0.3 is 5.97 Å². The Morgan fingerprint density at radius 1 is 1.02 bits per heavy atom. The van der Waals surface area contributed by atoms with E-state index in [0.717, 1.165) is 34.4 Å². The van der Waals surface area contributed by atoms with Crippen molar-refractivity contribution in [1.82, 2.24) is 0 Å². The van der Waals surface area contributed by atoms with Gasteiger partial charge in [0.2, 0.25) is 0 Å². The molecule has 3 aliphatic heterocycles. The Kier molecular flexibility index (Phi) is 7.00. The van der Waals surface area contributed by atoms with Gasteiger partial charge in [0.1, 0.15) is 5.75 Å². The number of carbonyl (C=O) groups is 2. The number of carbonyl (C=O) groups excluding carboxylic acids is 1. The smallest absolute Gasteiger partial charge is 0.337 e. The van der Waals surface area contributed by atoms with Crippen LogP contribution in [0.15, 0.2) is 30.3 Å². The number of nitrogens with zero attached hydrogens (tertiary/aromatic N) is 1. The molecule has 7 nitrogen and oxygen atoms in total. The third-order valence-corrected chi connectivity index (χ3v) is 8.42. The first kappa shape index (κ1) is 28.2. The molecule has 0 radical (unpaired) electrons. The number of anilines is 1. The number of aliphatic carboxylic acids is 1. The molecular formula is C34H36FNO6. The van der Waals surface area contributed by atoms with Crippen LogP contribution >= 0.6 is 0 Å². The number of fused-ring (bicyclic) bond motifs is 3. The van der Waals surface area contributed by atoms with Gasteiger partial charge in [0, 0.05) is 40.9 Å². The molecule has 1 atom stereocenters. The molecule has 1 N–H and O–H groups in total. The molecule has 3 aromatic rings. The van der Waals surface area contributed by atoms with Gasteiger partial charge in [-0.25, -0.2) is 9.18 Å². The van der Waals surface area contributed by atoms with Gasteiger partial charge in [-0.1, -0.05) is 6.07 Å². The first-order valence-electron chi connectivity index (χ1n) is 14.5. The first-order chi connectivity index (χ1) is 20.0. The Bertz CT molecular complexity index is 1620. The summed E-state index contributed by atoms with van der Waals surface area (Å²) >= 11 is 0. The number of carboxylic acids is 1. The second-order valence-electron chi connectivity index (χ2n) is 12.3. The number of halogens is 1. The van der Waals surface area contributed by atoms with Crippen LogP contribution in [-0.4, -0.2) is 42.3 Å². The SMILES string of the molecule is Cc1cc2c(c(-c3cc(F)c4c(c3C)CCCO4)c1[C@H](OC(C)(C)C)C(=O)O)CCN2C(=O)c1cccc2c1CCO2. The Morgan fingerprint density at radius 2 is 1.81 bits per heavy atom. The van der Waals surface area contributed by atoms with Crippen molar-refractivity contribution in [2.75, 3.05) is 24.7 Å². The van der Waals surface area contributed by atoms with E-state index in [1.54, 1.807) is 4.90 Å². The predicted molar refractivity (Wildman–Crippen MR) is 157 cm³/mol. The van der Waals surface area contributed by atoms with Crippen molar-refractivity contribution >= 4 is 17.6 Å². The normalized spacial score (nSPS) is 16.3. The monoisotopic (exact) mass is 573 g/mol. The van der Waals surface area contributed by atoms with E-state index in [2.05, 4.69) is 0 Å². The molecule has 0 saturated carbocycles. The molecule has 0 spiro atoms. The lowest BCUT2D eigenvalue weighted by atomic mass is 9.83. The fraction of sp³-hybridized carbons (Fsp3) is 0.412. The van der Waals surface area contributed by atoms with E-state index in [0.29, 0.717) is 72.5 Å². The number of hydrogen-bond donors (Lipinski definition) is 1. The summed E-state index contributed by atoms with van der Waals surface area (Å²) in [6, 6.07) is 8.88. The third-order valence-electron chi connectivity index (χ3n) is 8.42. The summed E-state index contributed by atoms with van der Waals surface area (Å²) in [5, 5.41) is 10.4. The Hall–Kier alpha value is -3.91. The highest BCUT2D eigenvalue weighted by Gasteiger charge is 2.38. The van der Waals surface area contributed by atoms with Crippen LogP contribution in [-0.2, 0) is 28.8 Å². The maximum atomic E-state index is 15.6. The van der Waals surface area contributed by atoms with Crippen LogP contribution < -0.4 is 14.4 Å². The fourth-order valence-electron chi connectivity index (χ4n) is 6.62. The molecule has 0 aliphatic carbocycles. The zero-order valence-electron chi connectivity index (χ0n) is 24.7. The van der Waals surface area contributed by atoms with Crippen molar-refractivity contribution in [2.24, 2.45) is 0 Å². The molecule has 0 unspecified atom stereocenters. The van der Waals surface area contributed by atoms with Crippen LogP contribution in [0.1, 0.15) is 77.0 Å². The average Bonchev–Trinajstić information content (AvgIpc) is 3.59. The topological polar surface area (TPSA) is 85.3 Å². The summed E-state index contributed by atoms with van der Waals surface area (Å²) < 4.78 is 33.2. The summed E-state index contributed by atoms with van der Waals surface area (Å²) in [5.74, 6) is -0.721. The zero-order valence-corrected chi connectivity index (χ0v) is 24.7. The third kappa shape index (κ3) is 4.71. The highest BCUT2D eigenvalue weighted by atomic mass is 19.1. The molecule has 1 amide bonds. The maximum absolute atomic E-state index is 15.6. The average molecular weight is 574 g/mol. The van der Waals surface area contributed by atoms with Crippen LogP contribution in [0.2, 0.25) is 0 Å². The first-order valence-corrected chi connectivity index (χ1v) is 14.5. The van der Waals surface area contributed by atoms with Crippen LogP contribution in [0.3, 0.4) is 0 Å². The molecule has 3 aliphatic rings. The van der Waals surface area contributed by atoms with Crippen molar-refractivity contribution < 1.29 is 33.3 Å². The maximum Gasteiger partial charge on any atom is 0.337 e. The van der Waals surface area contributed by atoms with Crippen molar-refractivity contribution in [3.63, 3.8) is 0 Å². The van der Waals surface area contributed by atoms with Crippen molar-refractivity contribution in [1.29, 1.82) is 0 Å². The lowest BCUT2D eigenvalue weighted by Gasteiger charge is -2.30. The molecule has 0 aromatic heterocycles. The molecule has 0 bridgehead atoms. The summed E-state index contributed by atoms with van der Waals surface area (Å²) in [4.78, 5) is 28.6. The standard InChI is InChI=1S/C34H36FNO6/c1-18-16-26-23(11-13-36(26)32(37)22-8-6-10-27-21(22)12-15-40-27)29(28(18)31(33(38)39)42-34(3,4)5)24-17-25(35)30-20(19(24)2)9-7-14-41-30/h6,8,10,16-17,31H,7,9,11-15H2,1-5H3,(H,38,39)/t31-/m0/s1. The van der Waals surface area contributed by atoms with Gasteiger partial charge in [0.25, 0.3) is 5.91 Å². The van der Waals surface area contributed by atoms with Gasteiger partial charge in [-0.3, -0.25) is 4.79 Å². The molecule has 0 saturated heterocycles. The fourth-order valence-corrected chi connectivity index (χ4v) is 6.62. The van der Waals surface area contributed by atoms with Crippen LogP contribution in [0.25, 0.3) is 11.1 Å². The Morgan fingerprint density at radius 3 is 2.55 bits per heavy atom. The van der Waals surface area contributed by atoms with Crippen molar-refractivity contribution in [3.8, 4) is 22.6 Å². The number of carboxylic acid groups (broad SMARTS) is 1. The minimum absolute atomic E-state index is 0.128. The molecule has 42 heavy (non-hydrogen) atoms. The van der Waals surface area contributed by atoms with Gasteiger partial charge in [-0.2, -0.15) is 0 Å². The van der Waals surface area contributed by atoms with E-state index in [9.17, 15) is 14.7 Å². The van der Waals surface area contributed by atoms with Gasteiger partial charge in [-0.15, -0.1) is 0 Å².